The Hall–Kier alpha value is -1.53. The molecule has 1 aromatic rings. The SMILES string of the molecule is CCOc1ccc(C2(C3(C#N)CC3)COC2)cc1C. The third-order valence-electron chi connectivity index (χ3n) is 4.60. The van der Waals surface area contributed by atoms with E-state index in [1.54, 1.807) is 0 Å². The van der Waals surface area contributed by atoms with Crippen LogP contribution in [0.25, 0.3) is 0 Å². The van der Waals surface area contributed by atoms with Crippen molar-refractivity contribution in [3.63, 3.8) is 0 Å². The van der Waals surface area contributed by atoms with E-state index < -0.39 is 0 Å². The summed E-state index contributed by atoms with van der Waals surface area (Å²) in [5, 5.41) is 9.50. The van der Waals surface area contributed by atoms with E-state index in [4.69, 9.17) is 9.47 Å². The normalized spacial score (nSPS) is 22.2. The maximum Gasteiger partial charge on any atom is 0.122 e. The summed E-state index contributed by atoms with van der Waals surface area (Å²) in [5.41, 5.74) is 2.10. The predicted molar refractivity (Wildman–Crippen MR) is 72.1 cm³/mol. The highest BCUT2D eigenvalue weighted by Gasteiger charge is 2.64. The Morgan fingerprint density at radius 3 is 2.53 bits per heavy atom. The molecule has 0 radical (unpaired) electrons. The van der Waals surface area contributed by atoms with Gasteiger partial charge < -0.3 is 9.47 Å². The lowest BCUT2D eigenvalue weighted by molar-refractivity contribution is -0.0867. The fourth-order valence-corrected chi connectivity index (χ4v) is 3.11. The van der Waals surface area contributed by atoms with Crippen LogP contribution in [0.1, 0.15) is 30.9 Å². The monoisotopic (exact) mass is 257 g/mol. The molecule has 2 aliphatic rings. The molecule has 0 unspecified atom stereocenters. The molecular formula is C16H19NO2. The van der Waals surface area contributed by atoms with Crippen molar-refractivity contribution in [2.45, 2.75) is 32.1 Å². The summed E-state index contributed by atoms with van der Waals surface area (Å²) in [7, 11) is 0. The average Bonchev–Trinajstić information content (AvgIpc) is 3.13. The largest absolute Gasteiger partial charge is 0.494 e. The van der Waals surface area contributed by atoms with E-state index in [2.05, 4.69) is 25.1 Å². The molecule has 0 aromatic heterocycles. The Bertz CT molecular complexity index is 536. The zero-order valence-corrected chi connectivity index (χ0v) is 11.5. The Balaban J connectivity index is 1.97. The van der Waals surface area contributed by atoms with E-state index in [9.17, 15) is 5.26 Å². The van der Waals surface area contributed by atoms with Crippen molar-refractivity contribution in [2.75, 3.05) is 19.8 Å². The summed E-state index contributed by atoms with van der Waals surface area (Å²) in [5.74, 6) is 0.934. The molecule has 1 aromatic carbocycles. The molecule has 1 aliphatic carbocycles. The summed E-state index contributed by atoms with van der Waals surface area (Å²) >= 11 is 0. The molecule has 0 amide bonds. The number of ether oxygens (including phenoxy) is 2. The minimum absolute atomic E-state index is 0.0861. The molecule has 3 heteroatoms. The lowest BCUT2D eigenvalue weighted by Crippen LogP contribution is -2.53. The maximum atomic E-state index is 9.50. The van der Waals surface area contributed by atoms with E-state index in [0.29, 0.717) is 19.8 Å². The van der Waals surface area contributed by atoms with Gasteiger partial charge in [0.1, 0.15) is 5.75 Å². The molecule has 0 atom stereocenters. The first kappa shape index (κ1) is 12.5. The van der Waals surface area contributed by atoms with Gasteiger partial charge in [0.15, 0.2) is 0 Å². The molecular weight excluding hydrogens is 238 g/mol. The van der Waals surface area contributed by atoms with Crippen LogP contribution in [0.15, 0.2) is 18.2 Å². The van der Waals surface area contributed by atoms with Crippen LogP contribution < -0.4 is 4.74 Å². The number of hydrogen-bond donors (Lipinski definition) is 0. The average molecular weight is 257 g/mol. The lowest BCUT2D eigenvalue weighted by atomic mass is 9.66. The number of nitrogens with zero attached hydrogens (tertiary/aromatic N) is 1. The highest BCUT2D eigenvalue weighted by Crippen LogP contribution is 2.62. The quantitative estimate of drug-likeness (QED) is 0.832. The van der Waals surface area contributed by atoms with Crippen molar-refractivity contribution in [3.8, 4) is 11.8 Å². The molecule has 1 saturated heterocycles. The number of hydrogen-bond acceptors (Lipinski definition) is 3. The number of rotatable bonds is 4. The second kappa shape index (κ2) is 4.25. The lowest BCUT2D eigenvalue weighted by Gasteiger charge is -2.46. The summed E-state index contributed by atoms with van der Waals surface area (Å²) in [6.45, 7) is 6.08. The molecule has 0 spiro atoms. The molecule has 3 nitrogen and oxygen atoms in total. The molecule has 1 heterocycles. The first-order valence-corrected chi connectivity index (χ1v) is 6.90. The minimum Gasteiger partial charge on any atom is -0.494 e. The Labute approximate surface area is 114 Å². The Morgan fingerprint density at radius 1 is 1.37 bits per heavy atom. The van der Waals surface area contributed by atoms with E-state index in [0.717, 1.165) is 24.2 Å². The molecule has 0 bridgehead atoms. The molecule has 100 valence electrons. The van der Waals surface area contributed by atoms with Crippen LogP contribution in [0.4, 0.5) is 0 Å². The highest BCUT2D eigenvalue weighted by molar-refractivity contribution is 5.45. The minimum atomic E-state index is -0.190. The van der Waals surface area contributed by atoms with Crippen LogP contribution in [0, 0.1) is 23.7 Å². The summed E-state index contributed by atoms with van der Waals surface area (Å²) in [6, 6.07) is 8.85. The van der Waals surface area contributed by atoms with E-state index in [1.165, 1.54) is 5.56 Å². The molecule has 0 N–H and O–H groups in total. The van der Waals surface area contributed by atoms with Gasteiger partial charge in [0.2, 0.25) is 0 Å². The summed E-state index contributed by atoms with van der Waals surface area (Å²) < 4.78 is 11.0. The van der Waals surface area contributed by atoms with Gasteiger partial charge in [-0.2, -0.15) is 5.26 Å². The zero-order valence-electron chi connectivity index (χ0n) is 11.5. The van der Waals surface area contributed by atoms with Crippen LogP contribution in [-0.4, -0.2) is 19.8 Å². The van der Waals surface area contributed by atoms with Crippen molar-refractivity contribution in [1.82, 2.24) is 0 Å². The zero-order chi connectivity index (χ0) is 13.5. The van der Waals surface area contributed by atoms with Crippen LogP contribution >= 0.6 is 0 Å². The first-order chi connectivity index (χ1) is 9.17. The van der Waals surface area contributed by atoms with E-state index in [-0.39, 0.29) is 10.8 Å². The molecule has 1 aliphatic heterocycles. The van der Waals surface area contributed by atoms with Gasteiger partial charge in [-0.3, -0.25) is 0 Å². The number of aryl methyl sites for hydroxylation is 1. The molecule has 3 rings (SSSR count). The Kier molecular flexibility index (Phi) is 2.79. The number of nitriles is 1. The molecule has 1 saturated carbocycles. The standard InChI is InChI=1S/C16H19NO2/c1-3-19-14-5-4-13(8-12(14)2)16(10-18-11-16)15(9-17)6-7-15/h4-5,8H,3,6-7,10-11H2,1-2H3. The third kappa shape index (κ3) is 1.67. The highest BCUT2D eigenvalue weighted by atomic mass is 16.5. The van der Waals surface area contributed by atoms with Gasteiger partial charge in [0.05, 0.1) is 36.7 Å². The van der Waals surface area contributed by atoms with Gasteiger partial charge in [-0.15, -0.1) is 0 Å². The molecule has 19 heavy (non-hydrogen) atoms. The second-order valence-electron chi connectivity index (χ2n) is 5.68. The predicted octanol–water partition coefficient (Wildman–Crippen LogP) is 2.97. The van der Waals surface area contributed by atoms with Gasteiger partial charge in [0.25, 0.3) is 0 Å². The van der Waals surface area contributed by atoms with Crippen LogP contribution in [0.5, 0.6) is 5.75 Å². The maximum absolute atomic E-state index is 9.50. The van der Waals surface area contributed by atoms with Crippen molar-refractivity contribution < 1.29 is 9.47 Å². The van der Waals surface area contributed by atoms with Gasteiger partial charge in [-0.05, 0) is 43.9 Å². The van der Waals surface area contributed by atoms with E-state index >= 15 is 0 Å². The van der Waals surface area contributed by atoms with Crippen LogP contribution in [0.2, 0.25) is 0 Å². The van der Waals surface area contributed by atoms with Gasteiger partial charge in [-0.25, -0.2) is 0 Å². The van der Waals surface area contributed by atoms with Crippen molar-refractivity contribution in [1.29, 1.82) is 5.26 Å². The summed E-state index contributed by atoms with van der Waals surface area (Å²) in [4.78, 5) is 0. The van der Waals surface area contributed by atoms with Crippen LogP contribution in [-0.2, 0) is 10.2 Å². The van der Waals surface area contributed by atoms with Gasteiger partial charge in [0, 0.05) is 0 Å². The van der Waals surface area contributed by atoms with Crippen LogP contribution in [0.3, 0.4) is 0 Å². The fourth-order valence-electron chi connectivity index (χ4n) is 3.11. The molecule has 2 fully saturated rings. The smallest absolute Gasteiger partial charge is 0.122 e. The summed E-state index contributed by atoms with van der Waals surface area (Å²) in [6.07, 6.45) is 2.00. The second-order valence-corrected chi connectivity index (χ2v) is 5.68. The topological polar surface area (TPSA) is 42.2 Å². The third-order valence-corrected chi connectivity index (χ3v) is 4.60. The fraction of sp³-hybridized carbons (Fsp3) is 0.562. The van der Waals surface area contributed by atoms with Gasteiger partial charge in [-0.1, -0.05) is 12.1 Å². The van der Waals surface area contributed by atoms with Crippen molar-refractivity contribution in [3.05, 3.63) is 29.3 Å². The number of benzene rings is 1. The Morgan fingerprint density at radius 2 is 2.11 bits per heavy atom. The van der Waals surface area contributed by atoms with Crippen molar-refractivity contribution >= 4 is 0 Å². The first-order valence-electron chi connectivity index (χ1n) is 6.90. The van der Waals surface area contributed by atoms with Crippen molar-refractivity contribution in [2.24, 2.45) is 5.41 Å². The van der Waals surface area contributed by atoms with Gasteiger partial charge >= 0.3 is 0 Å². The van der Waals surface area contributed by atoms with E-state index in [1.807, 2.05) is 13.0 Å².